The number of carbonyl (C=O) groups is 2. The number of aryl methyl sites for hydroxylation is 1. The molecule has 1 unspecified atom stereocenters. The maximum Gasteiger partial charge on any atom is 0.347 e. The lowest BCUT2D eigenvalue weighted by molar-refractivity contribution is 0.0701. The van der Waals surface area contributed by atoms with Gasteiger partial charge >= 0.3 is 5.97 Å². The molecule has 112 valence electrons. The first-order valence-corrected chi connectivity index (χ1v) is 7.77. The maximum atomic E-state index is 11.9. The summed E-state index contributed by atoms with van der Waals surface area (Å²) in [6.07, 6.45) is 0. The summed E-state index contributed by atoms with van der Waals surface area (Å²) >= 11 is 2.38. The lowest BCUT2D eigenvalue weighted by Gasteiger charge is -2.00. The van der Waals surface area contributed by atoms with Crippen LogP contribution in [0.5, 0.6) is 0 Å². The molecule has 0 fully saturated rings. The van der Waals surface area contributed by atoms with Crippen LogP contribution in [0.2, 0.25) is 0 Å². The van der Waals surface area contributed by atoms with Crippen molar-refractivity contribution in [2.45, 2.75) is 26.4 Å². The molecule has 0 bridgehead atoms. The van der Waals surface area contributed by atoms with Crippen LogP contribution in [0.1, 0.15) is 48.8 Å². The second-order valence-corrected chi connectivity index (χ2v) is 6.34. The van der Waals surface area contributed by atoms with Crippen molar-refractivity contribution in [1.29, 1.82) is 0 Å². The summed E-state index contributed by atoms with van der Waals surface area (Å²) in [5, 5.41) is 14.5. The highest BCUT2D eigenvalue weighted by Gasteiger charge is 2.16. The second kappa shape index (κ2) is 6.29. The number of nitrogens with two attached hydrogens (primary N) is 1. The van der Waals surface area contributed by atoms with Gasteiger partial charge in [-0.1, -0.05) is 0 Å². The number of amides is 1. The van der Waals surface area contributed by atoms with E-state index < -0.39 is 5.97 Å². The lowest BCUT2D eigenvalue weighted by atomic mass is 10.4. The molecule has 2 aromatic rings. The Balaban J connectivity index is 2.00. The summed E-state index contributed by atoms with van der Waals surface area (Å²) in [5.74, 6) is -1.34. The monoisotopic (exact) mass is 326 g/mol. The van der Waals surface area contributed by atoms with Gasteiger partial charge in [-0.2, -0.15) is 0 Å². The van der Waals surface area contributed by atoms with Gasteiger partial charge in [0.2, 0.25) is 0 Å². The summed E-state index contributed by atoms with van der Waals surface area (Å²) < 4.78 is 0. The number of nitrogens with zero attached hydrogens (tertiary/aromatic N) is 2. The Morgan fingerprint density at radius 2 is 2.19 bits per heavy atom. The predicted octanol–water partition coefficient (Wildman–Crippen LogP) is 1.56. The van der Waals surface area contributed by atoms with Crippen LogP contribution < -0.4 is 11.1 Å². The number of aromatic carboxylic acids is 1. The van der Waals surface area contributed by atoms with E-state index in [1.807, 2.05) is 0 Å². The summed E-state index contributed by atoms with van der Waals surface area (Å²) in [6.45, 7) is 3.59. The molecule has 0 aliphatic carbocycles. The molecule has 0 spiro atoms. The maximum absolute atomic E-state index is 11.9. The van der Waals surface area contributed by atoms with Crippen molar-refractivity contribution in [3.63, 3.8) is 0 Å². The molecule has 2 heterocycles. The van der Waals surface area contributed by atoms with Crippen LogP contribution >= 0.6 is 22.7 Å². The molecule has 0 saturated carbocycles. The molecule has 0 radical (unpaired) electrons. The van der Waals surface area contributed by atoms with Gasteiger partial charge in [0.1, 0.15) is 20.6 Å². The van der Waals surface area contributed by atoms with Crippen molar-refractivity contribution in [3.8, 4) is 0 Å². The third-order valence-electron chi connectivity index (χ3n) is 2.58. The van der Waals surface area contributed by atoms with Gasteiger partial charge in [0.25, 0.3) is 5.91 Å². The Bertz CT molecular complexity index is 678. The number of hydrogen-bond donors (Lipinski definition) is 3. The number of rotatable bonds is 5. The number of carbonyl (C=O) groups excluding carboxylic acids is 1. The van der Waals surface area contributed by atoms with E-state index in [2.05, 4.69) is 15.3 Å². The minimum Gasteiger partial charge on any atom is -0.477 e. The number of nitrogens with one attached hydrogen (secondary N) is 1. The van der Waals surface area contributed by atoms with Crippen molar-refractivity contribution >= 4 is 34.6 Å². The van der Waals surface area contributed by atoms with Crippen LogP contribution in [0, 0.1) is 6.92 Å². The van der Waals surface area contributed by atoms with Crippen LogP contribution in [-0.2, 0) is 6.54 Å². The summed E-state index contributed by atoms with van der Waals surface area (Å²) in [5.41, 5.74) is 6.45. The Labute approximate surface area is 128 Å². The minimum absolute atomic E-state index is 0.169. The first-order valence-electron chi connectivity index (χ1n) is 6.07. The standard InChI is InChI=1S/C12H14N4O3S2/c1-5(13)11-16-7(4-20-11)10(17)14-3-8-15-6(2)9(21-8)12(18)19/h4-5H,3,13H2,1-2H3,(H,14,17)(H,18,19). The first-order chi connectivity index (χ1) is 9.88. The van der Waals surface area contributed by atoms with E-state index in [4.69, 9.17) is 10.8 Å². The van der Waals surface area contributed by atoms with Crippen molar-refractivity contribution in [1.82, 2.24) is 15.3 Å². The largest absolute Gasteiger partial charge is 0.477 e. The van der Waals surface area contributed by atoms with E-state index in [-0.39, 0.29) is 23.4 Å². The number of hydrogen-bond acceptors (Lipinski definition) is 7. The van der Waals surface area contributed by atoms with E-state index in [0.717, 1.165) is 11.3 Å². The number of carboxylic acids is 1. The zero-order chi connectivity index (χ0) is 15.6. The molecular weight excluding hydrogens is 312 g/mol. The van der Waals surface area contributed by atoms with Crippen LogP contribution in [0.25, 0.3) is 0 Å². The van der Waals surface area contributed by atoms with Gasteiger partial charge in [-0.05, 0) is 13.8 Å². The summed E-state index contributed by atoms with van der Waals surface area (Å²) in [4.78, 5) is 31.3. The third kappa shape index (κ3) is 3.63. The highest BCUT2D eigenvalue weighted by atomic mass is 32.1. The Kier molecular flexibility index (Phi) is 4.66. The fourth-order valence-corrected chi connectivity index (χ4v) is 3.17. The highest BCUT2D eigenvalue weighted by molar-refractivity contribution is 7.13. The van der Waals surface area contributed by atoms with Gasteiger partial charge in [-0.3, -0.25) is 4.79 Å². The molecule has 0 saturated heterocycles. The van der Waals surface area contributed by atoms with Gasteiger partial charge in [-0.25, -0.2) is 14.8 Å². The molecule has 7 nitrogen and oxygen atoms in total. The average Bonchev–Trinajstić information content (AvgIpc) is 3.02. The second-order valence-electron chi connectivity index (χ2n) is 4.37. The molecule has 0 aliphatic rings. The molecule has 0 aliphatic heterocycles. The third-order valence-corrected chi connectivity index (χ3v) is 4.77. The smallest absolute Gasteiger partial charge is 0.347 e. The van der Waals surface area contributed by atoms with Gasteiger partial charge < -0.3 is 16.2 Å². The van der Waals surface area contributed by atoms with Crippen LogP contribution in [-0.4, -0.2) is 27.0 Å². The first kappa shape index (κ1) is 15.5. The summed E-state index contributed by atoms with van der Waals surface area (Å²) in [7, 11) is 0. The zero-order valence-electron chi connectivity index (χ0n) is 11.4. The van der Waals surface area contributed by atoms with Crippen molar-refractivity contribution in [3.05, 3.63) is 31.7 Å². The van der Waals surface area contributed by atoms with Gasteiger partial charge in [0, 0.05) is 5.38 Å². The Morgan fingerprint density at radius 3 is 2.71 bits per heavy atom. The fraction of sp³-hybridized carbons (Fsp3) is 0.333. The van der Waals surface area contributed by atoms with Crippen molar-refractivity contribution in [2.75, 3.05) is 0 Å². The topological polar surface area (TPSA) is 118 Å². The molecule has 2 aromatic heterocycles. The molecular formula is C12H14N4O3S2. The van der Waals surface area contributed by atoms with Crippen LogP contribution in [0.3, 0.4) is 0 Å². The van der Waals surface area contributed by atoms with Gasteiger partial charge in [0.15, 0.2) is 0 Å². The Hall–Kier alpha value is -1.84. The SMILES string of the molecule is Cc1nc(CNC(=O)c2csc(C(C)N)n2)sc1C(=O)O. The number of aromatic nitrogens is 2. The predicted molar refractivity (Wildman–Crippen MR) is 79.7 cm³/mol. The lowest BCUT2D eigenvalue weighted by Crippen LogP contribution is -2.23. The minimum atomic E-state index is -1.01. The molecule has 21 heavy (non-hydrogen) atoms. The van der Waals surface area contributed by atoms with E-state index in [9.17, 15) is 9.59 Å². The van der Waals surface area contributed by atoms with Crippen LogP contribution in [0.15, 0.2) is 5.38 Å². The van der Waals surface area contributed by atoms with Gasteiger partial charge in [0.05, 0.1) is 18.3 Å². The number of thiazole rings is 2. The molecule has 2 rings (SSSR count). The molecule has 4 N–H and O–H groups in total. The molecule has 1 atom stereocenters. The average molecular weight is 326 g/mol. The fourth-order valence-electron chi connectivity index (χ4n) is 1.57. The van der Waals surface area contributed by atoms with Crippen molar-refractivity contribution < 1.29 is 14.7 Å². The van der Waals surface area contributed by atoms with E-state index in [1.165, 1.54) is 11.3 Å². The normalized spacial score (nSPS) is 12.1. The quantitative estimate of drug-likeness (QED) is 0.767. The van der Waals surface area contributed by atoms with E-state index in [0.29, 0.717) is 21.4 Å². The van der Waals surface area contributed by atoms with E-state index >= 15 is 0 Å². The van der Waals surface area contributed by atoms with Crippen molar-refractivity contribution in [2.24, 2.45) is 5.73 Å². The molecule has 1 amide bonds. The van der Waals surface area contributed by atoms with Crippen LogP contribution in [0.4, 0.5) is 0 Å². The zero-order valence-corrected chi connectivity index (χ0v) is 13.0. The summed E-state index contributed by atoms with van der Waals surface area (Å²) in [6, 6.07) is -0.212. The Morgan fingerprint density at radius 1 is 1.48 bits per heavy atom. The molecule has 0 aromatic carbocycles. The number of carboxylic acid groups (broad SMARTS) is 1. The molecule has 9 heteroatoms. The van der Waals surface area contributed by atoms with Gasteiger partial charge in [-0.15, -0.1) is 22.7 Å². The highest BCUT2D eigenvalue weighted by Crippen LogP contribution is 2.18. The van der Waals surface area contributed by atoms with E-state index in [1.54, 1.807) is 19.2 Å².